The summed E-state index contributed by atoms with van der Waals surface area (Å²) in [6.45, 7) is 2.05. The molecule has 1 unspecified atom stereocenters. The maximum absolute atomic E-state index is 6.19. The normalized spacial score (nSPS) is 21.4. The van der Waals surface area contributed by atoms with Crippen LogP contribution in [0.2, 0.25) is 0 Å². The van der Waals surface area contributed by atoms with Crippen molar-refractivity contribution in [2.75, 3.05) is 11.4 Å². The molecule has 4 heteroatoms. The molecule has 0 spiro atoms. The smallest absolute Gasteiger partial charge is 0.186 e. The molecule has 2 N–H and O–H groups in total. The zero-order chi connectivity index (χ0) is 13.5. The van der Waals surface area contributed by atoms with Crippen LogP contribution in [0, 0.1) is 0 Å². The summed E-state index contributed by atoms with van der Waals surface area (Å²) in [6, 6.07) is 8.90. The summed E-state index contributed by atoms with van der Waals surface area (Å²) in [5.41, 5.74) is 10.3. The Labute approximate surface area is 123 Å². The van der Waals surface area contributed by atoms with Crippen LogP contribution in [-0.2, 0) is 19.4 Å². The van der Waals surface area contributed by atoms with Gasteiger partial charge in [0.2, 0.25) is 0 Å². The van der Waals surface area contributed by atoms with Crippen molar-refractivity contribution in [1.29, 1.82) is 0 Å². The van der Waals surface area contributed by atoms with Gasteiger partial charge in [0.25, 0.3) is 0 Å². The van der Waals surface area contributed by atoms with Crippen LogP contribution < -0.4 is 10.6 Å². The van der Waals surface area contributed by atoms with Gasteiger partial charge in [0.1, 0.15) is 0 Å². The summed E-state index contributed by atoms with van der Waals surface area (Å²) in [4.78, 5) is 8.68. The van der Waals surface area contributed by atoms with Crippen LogP contribution in [0.1, 0.15) is 40.6 Å². The zero-order valence-electron chi connectivity index (χ0n) is 11.5. The molecule has 3 nitrogen and oxygen atoms in total. The molecular formula is C16H19N3S. The van der Waals surface area contributed by atoms with Crippen LogP contribution in [-0.4, -0.2) is 11.5 Å². The lowest BCUT2D eigenvalue weighted by molar-refractivity contribution is 0.563. The third kappa shape index (κ3) is 2.03. The summed E-state index contributed by atoms with van der Waals surface area (Å²) in [5.74, 6) is 0. The first-order valence-electron chi connectivity index (χ1n) is 7.38. The highest BCUT2D eigenvalue weighted by Crippen LogP contribution is 2.37. The number of hydrogen-bond donors (Lipinski definition) is 1. The van der Waals surface area contributed by atoms with Crippen LogP contribution in [0.15, 0.2) is 24.3 Å². The number of nitrogens with zero attached hydrogens (tertiary/aromatic N) is 2. The number of thiazole rings is 1. The summed E-state index contributed by atoms with van der Waals surface area (Å²) in [6.07, 6.45) is 4.56. The molecule has 0 saturated carbocycles. The predicted molar refractivity (Wildman–Crippen MR) is 83.2 cm³/mol. The Kier molecular flexibility index (Phi) is 3.00. The van der Waals surface area contributed by atoms with E-state index in [2.05, 4.69) is 29.2 Å². The minimum absolute atomic E-state index is 0.154. The van der Waals surface area contributed by atoms with Crippen LogP contribution in [0.5, 0.6) is 0 Å². The molecule has 104 valence electrons. The van der Waals surface area contributed by atoms with Gasteiger partial charge in [-0.2, -0.15) is 0 Å². The van der Waals surface area contributed by atoms with E-state index in [1.807, 2.05) is 11.3 Å². The predicted octanol–water partition coefficient (Wildman–Crippen LogP) is 3.04. The number of rotatable bonds is 1. The molecule has 0 fully saturated rings. The summed E-state index contributed by atoms with van der Waals surface area (Å²) >= 11 is 1.86. The molecular weight excluding hydrogens is 266 g/mol. The fourth-order valence-corrected chi connectivity index (χ4v) is 4.43. The van der Waals surface area contributed by atoms with Gasteiger partial charge < -0.3 is 10.6 Å². The monoisotopic (exact) mass is 285 g/mol. The van der Waals surface area contributed by atoms with E-state index in [1.54, 1.807) is 0 Å². The fourth-order valence-electron chi connectivity index (χ4n) is 3.23. The third-order valence-electron chi connectivity index (χ3n) is 4.39. The van der Waals surface area contributed by atoms with E-state index in [4.69, 9.17) is 10.7 Å². The molecule has 0 bridgehead atoms. The largest absolute Gasteiger partial charge is 0.343 e. The highest BCUT2D eigenvalue weighted by atomic mass is 32.1. The van der Waals surface area contributed by atoms with Gasteiger partial charge in [0.05, 0.1) is 5.69 Å². The van der Waals surface area contributed by atoms with Gasteiger partial charge in [-0.3, -0.25) is 0 Å². The summed E-state index contributed by atoms with van der Waals surface area (Å²) in [5, 5.41) is 1.17. The van der Waals surface area contributed by atoms with Crippen LogP contribution in [0.25, 0.3) is 0 Å². The van der Waals surface area contributed by atoms with E-state index < -0.39 is 0 Å². The Bertz CT molecular complexity index is 634. The number of anilines is 1. The van der Waals surface area contributed by atoms with Crippen molar-refractivity contribution in [1.82, 2.24) is 4.98 Å². The second-order valence-corrected chi connectivity index (χ2v) is 6.81. The topological polar surface area (TPSA) is 42.1 Å². The number of nitrogens with two attached hydrogens (primary N) is 1. The molecule has 0 radical (unpaired) electrons. The number of hydrogen-bond acceptors (Lipinski definition) is 4. The Morgan fingerprint density at radius 1 is 1.20 bits per heavy atom. The SMILES string of the molecule is NC1CCCc2sc(N3CCc4ccccc4C3)nc21. The second-order valence-electron chi connectivity index (χ2n) is 5.74. The van der Waals surface area contributed by atoms with Crippen molar-refractivity contribution < 1.29 is 0 Å². The number of fused-ring (bicyclic) bond motifs is 2. The number of aromatic nitrogens is 1. The number of aryl methyl sites for hydroxylation is 1. The van der Waals surface area contributed by atoms with Crippen molar-refractivity contribution in [3.8, 4) is 0 Å². The molecule has 20 heavy (non-hydrogen) atoms. The average molecular weight is 285 g/mol. The van der Waals surface area contributed by atoms with E-state index in [1.165, 1.54) is 27.6 Å². The molecule has 2 aliphatic rings. The summed E-state index contributed by atoms with van der Waals surface area (Å²) in [7, 11) is 0. The molecule has 0 amide bonds. The van der Waals surface area contributed by atoms with E-state index in [-0.39, 0.29) is 6.04 Å². The van der Waals surface area contributed by atoms with Gasteiger partial charge in [-0.1, -0.05) is 24.3 Å². The van der Waals surface area contributed by atoms with Gasteiger partial charge >= 0.3 is 0 Å². The van der Waals surface area contributed by atoms with Gasteiger partial charge in [0.15, 0.2) is 5.13 Å². The highest BCUT2D eigenvalue weighted by molar-refractivity contribution is 7.15. The molecule has 1 aromatic heterocycles. The minimum atomic E-state index is 0.154. The van der Waals surface area contributed by atoms with Gasteiger partial charge in [0, 0.05) is 24.0 Å². The first-order valence-corrected chi connectivity index (χ1v) is 8.20. The molecule has 1 atom stereocenters. The Balaban J connectivity index is 1.63. The lowest BCUT2D eigenvalue weighted by Crippen LogP contribution is -2.30. The van der Waals surface area contributed by atoms with Crippen molar-refractivity contribution in [3.05, 3.63) is 46.0 Å². The second kappa shape index (κ2) is 4.86. The molecule has 2 aromatic rings. The van der Waals surface area contributed by atoms with E-state index in [0.717, 1.165) is 38.0 Å². The first kappa shape index (κ1) is 12.4. The van der Waals surface area contributed by atoms with Crippen molar-refractivity contribution in [2.24, 2.45) is 5.73 Å². The molecule has 1 aromatic carbocycles. The Morgan fingerprint density at radius 3 is 2.90 bits per heavy atom. The summed E-state index contributed by atoms with van der Waals surface area (Å²) < 4.78 is 0. The minimum Gasteiger partial charge on any atom is -0.343 e. The molecule has 1 aliphatic carbocycles. The van der Waals surface area contributed by atoms with Crippen molar-refractivity contribution >= 4 is 16.5 Å². The van der Waals surface area contributed by atoms with E-state index >= 15 is 0 Å². The Morgan fingerprint density at radius 2 is 2.05 bits per heavy atom. The highest BCUT2D eigenvalue weighted by Gasteiger charge is 2.25. The molecule has 2 heterocycles. The van der Waals surface area contributed by atoms with Crippen LogP contribution in [0.4, 0.5) is 5.13 Å². The zero-order valence-corrected chi connectivity index (χ0v) is 12.3. The quantitative estimate of drug-likeness (QED) is 0.875. The van der Waals surface area contributed by atoms with Crippen LogP contribution in [0.3, 0.4) is 0 Å². The fraction of sp³-hybridized carbons (Fsp3) is 0.438. The maximum Gasteiger partial charge on any atom is 0.186 e. The van der Waals surface area contributed by atoms with Gasteiger partial charge in [-0.05, 0) is 36.8 Å². The van der Waals surface area contributed by atoms with Crippen molar-refractivity contribution in [3.63, 3.8) is 0 Å². The van der Waals surface area contributed by atoms with Crippen LogP contribution >= 0.6 is 11.3 Å². The van der Waals surface area contributed by atoms with Crippen molar-refractivity contribution in [2.45, 2.75) is 38.3 Å². The molecule has 1 aliphatic heterocycles. The Hall–Kier alpha value is -1.39. The average Bonchev–Trinajstić information content (AvgIpc) is 2.92. The lowest BCUT2D eigenvalue weighted by Gasteiger charge is -2.28. The standard InChI is InChI=1S/C16H19N3S/c17-13-6-3-7-14-15(13)18-16(20-14)19-9-8-11-4-1-2-5-12(11)10-19/h1-2,4-5,13H,3,6-10,17H2. The van der Waals surface area contributed by atoms with Gasteiger partial charge in [-0.25, -0.2) is 4.98 Å². The van der Waals surface area contributed by atoms with Gasteiger partial charge in [-0.15, -0.1) is 11.3 Å². The van der Waals surface area contributed by atoms with E-state index in [0.29, 0.717) is 0 Å². The number of benzene rings is 1. The van der Waals surface area contributed by atoms with E-state index in [9.17, 15) is 0 Å². The lowest BCUT2D eigenvalue weighted by atomic mass is 9.99. The molecule has 0 saturated heterocycles. The third-order valence-corrected chi connectivity index (χ3v) is 5.58. The molecule has 4 rings (SSSR count). The maximum atomic E-state index is 6.19. The first-order chi connectivity index (χ1) is 9.81.